The van der Waals surface area contributed by atoms with E-state index in [1.54, 1.807) is 0 Å². The van der Waals surface area contributed by atoms with Crippen LogP contribution in [0, 0.1) is 0 Å². The second-order valence-corrected chi connectivity index (χ2v) is 6.73. The van der Waals surface area contributed by atoms with Gasteiger partial charge in [-0.1, -0.05) is 103 Å². The number of carboxylic acids is 1. The van der Waals surface area contributed by atoms with Gasteiger partial charge in [0.05, 0.1) is 0 Å². The van der Waals surface area contributed by atoms with E-state index in [0.29, 0.717) is 6.42 Å². The third-order valence-corrected chi connectivity index (χ3v) is 4.24. The number of rotatable bonds is 17. The molecule has 0 aliphatic heterocycles. The summed E-state index contributed by atoms with van der Waals surface area (Å²) < 4.78 is 0. The summed E-state index contributed by atoms with van der Waals surface area (Å²) in [6.07, 6.45) is 19.8. The molecule has 0 bridgehead atoms. The van der Waals surface area contributed by atoms with E-state index in [2.05, 4.69) is 6.92 Å². The van der Waals surface area contributed by atoms with Crippen LogP contribution in [0.2, 0.25) is 0 Å². The maximum Gasteiger partial charge on any atom is 0.503 e. The Morgan fingerprint density at radius 2 is 0.760 bits per heavy atom. The molecule has 0 aliphatic rings. The SMILES string of the molecule is CCCCCCCCCCCCCCCCCCC(=O)O.O=C(O)O. The lowest BCUT2D eigenvalue weighted by Crippen LogP contribution is -1.93. The zero-order chi connectivity index (χ0) is 19.2. The highest BCUT2D eigenvalue weighted by Gasteiger charge is 1.97. The molecule has 25 heavy (non-hydrogen) atoms. The average Bonchev–Trinajstić information content (AvgIpc) is 2.53. The molecule has 3 N–H and O–H groups in total. The van der Waals surface area contributed by atoms with Crippen LogP contribution < -0.4 is 0 Å². The van der Waals surface area contributed by atoms with Crippen molar-refractivity contribution < 1.29 is 24.9 Å². The van der Waals surface area contributed by atoms with Crippen molar-refractivity contribution in [2.75, 3.05) is 0 Å². The Bertz CT molecular complexity index is 288. The number of hydrogen-bond acceptors (Lipinski definition) is 2. The van der Waals surface area contributed by atoms with E-state index in [1.807, 2.05) is 0 Å². The lowest BCUT2D eigenvalue weighted by atomic mass is 10.0. The second-order valence-electron chi connectivity index (χ2n) is 6.73. The second kappa shape index (κ2) is 22.7. The third-order valence-electron chi connectivity index (χ3n) is 4.24. The van der Waals surface area contributed by atoms with Crippen LogP contribution in [-0.2, 0) is 4.79 Å². The van der Waals surface area contributed by atoms with Crippen molar-refractivity contribution in [1.29, 1.82) is 0 Å². The van der Waals surface area contributed by atoms with E-state index in [4.69, 9.17) is 20.1 Å². The van der Waals surface area contributed by atoms with Crippen molar-refractivity contribution in [2.24, 2.45) is 0 Å². The van der Waals surface area contributed by atoms with Gasteiger partial charge in [0, 0.05) is 6.42 Å². The molecule has 5 heteroatoms. The molecule has 5 nitrogen and oxygen atoms in total. The molecule has 0 saturated carbocycles. The monoisotopic (exact) mass is 360 g/mol. The first-order valence-corrected chi connectivity index (χ1v) is 10.1. The summed E-state index contributed by atoms with van der Waals surface area (Å²) in [5, 5.41) is 22.5. The van der Waals surface area contributed by atoms with E-state index < -0.39 is 12.1 Å². The van der Waals surface area contributed by atoms with E-state index in [9.17, 15) is 4.79 Å². The van der Waals surface area contributed by atoms with E-state index in [-0.39, 0.29) is 0 Å². The zero-order valence-electron chi connectivity index (χ0n) is 16.2. The highest BCUT2D eigenvalue weighted by molar-refractivity contribution is 5.66. The molecule has 0 spiro atoms. The first-order valence-electron chi connectivity index (χ1n) is 10.1. The van der Waals surface area contributed by atoms with Gasteiger partial charge in [-0.05, 0) is 6.42 Å². The van der Waals surface area contributed by atoms with Crippen molar-refractivity contribution in [3.8, 4) is 0 Å². The molecule has 0 rings (SSSR count). The van der Waals surface area contributed by atoms with Crippen LogP contribution in [-0.4, -0.2) is 27.4 Å². The Morgan fingerprint density at radius 3 is 1.00 bits per heavy atom. The minimum Gasteiger partial charge on any atom is -0.481 e. The summed E-state index contributed by atoms with van der Waals surface area (Å²) in [4.78, 5) is 18.9. The summed E-state index contributed by atoms with van der Waals surface area (Å²) in [5.74, 6) is -0.652. The highest BCUT2D eigenvalue weighted by Crippen LogP contribution is 2.13. The summed E-state index contributed by atoms with van der Waals surface area (Å²) in [7, 11) is 0. The smallest absolute Gasteiger partial charge is 0.481 e. The minimum absolute atomic E-state index is 0.346. The molecule has 0 aromatic heterocycles. The van der Waals surface area contributed by atoms with Crippen molar-refractivity contribution >= 4 is 12.1 Å². The molecule has 0 fully saturated rings. The van der Waals surface area contributed by atoms with E-state index >= 15 is 0 Å². The number of carbonyl (C=O) groups is 2. The molecule has 0 aromatic rings. The Morgan fingerprint density at radius 1 is 0.520 bits per heavy atom. The van der Waals surface area contributed by atoms with Gasteiger partial charge in [-0.2, -0.15) is 0 Å². The fourth-order valence-electron chi connectivity index (χ4n) is 2.82. The predicted octanol–water partition coefficient (Wildman–Crippen LogP) is 6.95. The fraction of sp³-hybridized carbons (Fsp3) is 0.900. The standard InChI is InChI=1S/C19H38O2.CH2O3/c1-2-3-4-5-6-7-8-9-10-11-12-13-14-15-16-17-18-19(20)21;2-1(3)4/h2-18H2,1H3,(H,20,21);(H2,2,3,4). The topological polar surface area (TPSA) is 94.8 Å². The van der Waals surface area contributed by atoms with Gasteiger partial charge in [0.15, 0.2) is 0 Å². The van der Waals surface area contributed by atoms with Gasteiger partial charge < -0.3 is 15.3 Å². The van der Waals surface area contributed by atoms with E-state index in [0.717, 1.165) is 12.8 Å². The molecular weight excluding hydrogens is 320 g/mol. The summed E-state index contributed by atoms with van der Waals surface area (Å²) in [5.41, 5.74) is 0. The lowest BCUT2D eigenvalue weighted by molar-refractivity contribution is -0.137. The average molecular weight is 361 g/mol. The Hall–Kier alpha value is -1.26. The summed E-state index contributed by atoms with van der Waals surface area (Å²) in [6, 6.07) is 0. The number of hydrogen-bond donors (Lipinski definition) is 3. The summed E-state index contributed by atoms with van der Waals surface area (Å²) in [6.45, 7) is 2.27. The Labute approximate surface area is 153 Å². The normalized spacial score (nSPS) is 10.1. The molecule has 0 aromatic carbocycles. The first kappa shape index (κ1) is 26.0. The van der Waals surface area contributed by atoms with Gasteiger partial charge in [0.25, 0.3) is 0 Å². The Kier molecular flexibility index (Phi) is 23.6. The lowest BCUT2D eigenvalue weighted by Gasteiger charge is -2.03. The third kappa shape index (κ3) is 34.9. The molecule has 0 radical (unpaired) electrons. The molecule has 0 atom stereocenters. The van der Waals surface area contributed by atoms with Gasteiger partial charge in [-0.15, -0.1) is 0 Å². The zero-order valence-corrected chi connectivity index (χ0v) is 16.2. The molecule has 0 unspecified atom stereocenters. The minimum atomic E-state index is -1.83. The summed E-state index contributed by atoms with van der Waals surface area (Å²) >= 11 is 0. The maximum atomic E-state index is 10.3. The van der Waals surface area contributed by atoms with Gasteiger partial charge in [0.1, 0.15) is 0 Å². The molecule has 0 heterocycles. The van der Waals surface area contributed by atoms with Crippen LogP contribution in [0.15, 0.2) is 0 Å². The predicted molar refractivity (Wildman–Crippen MR) is 102 cm³/mol. The van der Waals surface area contributed by atoms with Gasteiger partial charge in [0.2, 0.25) is 0 Å². The van der Waals surface area contributed by atoms with Gasteiger partial charge in [-0.3, -0.25) is 4.79 Å². The van der Waals surface area contributed by atoms with Gasteiger partial charge >= 0.3 is 12.1 Å². The molecule has 0 aliphatic carbocycles. The van der Waals surface area contributed by atoms with Crippen LogP contribution in [0.4, 0.5) is 4.79 Å². The van der Waals surface area contributed by atoms with Crippen molar-refractivity contribution in [1.82, 2.24) is 0 Å². The fourth-order valence-corrected chi connectivity index (χ4v) is 2.82. The van der Waals surface area contributed by atoms with Crippen LogP contribution >= 0.6 is 0 Å². The van der Waals surface area contributed by atoms with Crippen LogP contribution in [0.5, 0.6) is 0 Å². The van der Waals surface area contributed by atoms with Gasteiger partial charge in [-0.25, -0.2) is 4.79 Å². The van der Waals surface area contributed by atoms with Crippen molar-refractivity contribution in [3.05, 3.63) is 0 Å². The van der Waals surface area contributed by atoms with E-state index in [1.165, 1.54) is 89.9 Å². The molecule has 0 amide bonds. The van der Waals surface area contributed by atoms with Crippen LogP contribution in [0.25, 0.3) is 0 Å². The van der Waals surface area contributed by atoms with Crippen LogP contribution in [0.1, 0.15) is 116 Å². The quantitative estimate of drug-likeness (QED) is 0.244. The molecule has 0 saturated heterocycles. The molecular formula is C20H40O5. The largest absolute Gasteiger partial charge is 0.503 e. The first-order chi connectivity index (χ1) is 12.0. The Balaban J connectivity index is 0. The highest BCUT2D eigenvalue weighted by atomic mass is 16.6. The van der Waals surface area contributed by atoms with Crippen LogP contribution in [0.3, 0.4) is 0 Å². The number of unbranched alkanes of at least 4 members (excludes halogenated alkanes) is 15. The number of aliphatic carboxylic acids is 1. The molecule has 150 valence electrons. The number of carboxylic acid groups (broad SMARTS) is 3. The van der Waals surface area contributed by atoms with Crippen molar-refractivity contribution in [2.45, 2.75) is 116 Å². The van der Waals surface area contributed by atoms with Crippen molar-refractivity contribution in [3.63, 3.8) is 0 Å². The maximum absolute atomic E-state index is 10.3.